The molecule has 18 heavy (non-hydrogen) atoms. The molecule has 4 heteroatoms. The van der Waals surface area contributed by atoms with Gasteiger partial charge >= 0.3 is 0 Å². The lowest BCUT2D eigenvalue weighted by molar-refractivity contribution is 0.278. The van der Waals surface area contributed by atoms with Gasteiger partial charge in [0.05, 0.1) is 11.3 Å². The Kier molecular flexibility index (Phi) is 2.67. The van der Waals surface area contributed by atoms with E-state index in [9.17, 15) is 0 Å². The third-order valence-corrected chi connectivity index (χ3v) is 2.97. The van der Waals surface area contributed by atoms with E-state index >= 15 is 0 Å². The van der Waals surface area contributed by atoms with Gasteiger partial charge in [0.15, 0.2) is 0 Å². The minimum atomic E-state index is 0.0505. The van der Waals surface area contributed by atoms with Gasteiger partial charge in [0.25, 0.3) is 0 Å². The molecule has 0 saturated heterocycles. The predicted molar refractivity (Wildman–Crippen MR) is 69.4 cm³/mol. The van der Waals surface area contributed by atoms with Gasteiger partial charge in [-0.15, -0.1) is 0 Å². The summed E-state index contributed by atoms with van der Waals surface area (Å²) in [5.74, 6) is 0. The van der Waals surface area contributed by atoms with Crippen molar-refractivity contribution in [2.45, 2.75) is 6.17 Å². The molecule has 0 saturated carbocycles. The molecule has 3 rings (SSSR count). The highest BCUT2D eigenvalue weighted by Crippen LogP contribution is 2.16. The maximum absolute atomic E-state index is 8.90. The molecule has 1 unspecified atom stereocenters. The van der Waals surface area contributed by atoms with Crippen molar-refractivity contribution in [3.05, 3.63) is 59.8 Å². The molecule has 0 aliphatic carbocycles. The average molecular weight is 236 g/mol. The second-order valence-corrected chi connectivity index (χ2v) is 4.17. The first-order valence-electron chi connectivity index (χ1n) is 5.81. The Bertz CT molecular complexity index is 578. The first kappa shape index (κ1) is 10.8. The Morgan fingerprint density at radius 3 is 2.94 bits per heavy atom. The van der Waals surface area contributed by atoms with Gasteiger partial charge in [-0.1, -0.05) is 30.3 Å². The van der Waals surface area contributed by atoms with E-state index in [4.69, 9.17) is 5.26 Å². The maximum atomic E-state index is 8.90. The monoisotopic (exact) mass is 236 g/mol. The molecule has 2 aliphatic rings. The molecule has 0 spiro atoms. The Hall–Kier alpha value is -2.38. The molecule has 2 aliphatic heterocycles. The molecule has 4 nitrogen and oxygen atoms in total. The zero-order chi connectivity index (χ0) is 12.4. The number of hydrogen-bond acceptors (Lipinski definition) is 4. The van der Waals surface area contributed by atoms with Gasteiger partial charge in [0.1, 0.15) is 12.2 Å². The van der Waals surface area contributed by atoms with E-state index in [1.807, 2.05) is 42.5 Å². The van der Waals surface area contributed by atoms with Crippen LogP contribution in [0, 0.1) is 11.3 Å². The minimum Gasteiger partial charge on any atom is -0.287 e. The smallest absolute Gasteiger partial charge is 0.121 e. The Morgan fingerprint density at radius 2 is 2.17 bits per heavy atom. The lowest BCUT2D eigenvalue weighted by Gasteiger charge is -2.32. The van der Waals surface area contributed by atoms with E-state index in [0.29, 0.717) is 5.57 Å². The Morgan fingerprint density at radius 1 is 1.33 bits per heavy atom. The number of rotatable bonds is 1. The second kappa shape index (κ2) is 4.47. The second-order valence-electron chi connectivity index (χ2n) is 4.17. The van der Waals surface area contributed by atoms with E-state index in [-0.39, 0.29) is 6.17 Å². The van der Waals surface area contributed by atoms with Crippen molar-refractivity contribution < 1.29 is 0 Å². The van der Waals surface area contributed by atoms with Gasteiger partial charge in [0.2, 0.25) is 0 Å². The molecule has 0 radical (unpaired) electrons. The molecule has 2 heterocycles. The van der Waals surface area contributed by atoms with Crippen LogP contribution in [0.5, 0.6) is 0 Å². The van der Waals surface area contributed by atoms with Gasteiger partial charge in [-0.2, -0.15) is 10.4 Å². The van der Waals surface area contributed by atoms with Crippen molar-refractivity contribution in [2.75, 3.05) is 6.54 Å². The number of hydrogen-bond donors (Lipinski definition) is 1. The third-order valence-electron chi connectivity index (χ3n) is 2.97. The van der Waals surface area contributed by atoms with Crippen LogP contribution in [0.25, 0.3) is 0 Å². The highest BCUT2D eigenvalue weighted by molar-refractivity contribution is 6.02. The van der Waals surface area contributed by atoms with Crippen molar-refractivity contribution >= 4 is 5.71 Å². The van der Waals surface area contributed by atoms with Crippen molar-refractivity contribution in [2.24, 2.45) is 5.10 Å². The van der Waals surface area contributed by atoms with E-state index in [1.54, 1.807) is 11.2 Å². The lowest BCUT2D eigenvalue weighted by atomic mass is 10.1. The van der Waals surface area contributed by atoms with E-state index in [0.717, 1.165) is 17.8 Å². The molecule has 1 aromatic carbocycles. The summed E-state index contributed by atoms with van der Waals surface area (Å²) in [6.07, 6.45) is 5.58. The highest BCUT2D eigenvalue weighted by atomic mass is 15.5. The highest BCUT2D eigenvalue weighted by Gasteiger charge is 2.22. The molecule has 0 aromatic heterocycles. The predicted octanol–water partition coefficient (Wildman–Crippen LogP) is 1.60. The normalized spacial score (nSPS) is 21.7. The van der Waals surface area contributed by atoms with Crippen LogP contribution in [0.3, 0.4) is 0 Å². The maximum Gasteiger partial charge on any atom is 0.121 e. The lowest BCUT2D eigenvalue weighted by Crippen LogP contribution is -2.47. The van der Waals surface area contributed by atoms with Crippen LogP contribution in [0.15, 0.2) is 59.4 Å². The van der Waals surface area contributed by atoms with Crippen molar-refractivity contribution in [3.63, 3.8) is 0 Å². The van der Waals surface area contributed by atoms with Crippen LogP contribution < -0.4 is 5.32 Å². The number of nitrogens with one attached hydrogen (secondary N) is 1. The van der Waals surface area contributed by atoms with Gasteiger partial charge in [0, 0.05) is 12.7 Å². The molecule has 88 valence electrons. The number of hydrazone groups is 1. The summed E-state index contributed by atoms with van der Waals surface area (Å²) in [6.45, 7) is 0.727. The van der Waals surface area contributed by atoms with Crippen LogP contribution in [0.1, 0.15) is 5.56 Å². The molecular weight excluding hydrogens is 224 g/mol. The quantitative estimate of drug-likeness (QED) is 0.805. The largest absolute Gasteiger partial charge is 0.287 e. The molecule has 1 N–H and O–H groups in total. The van der Waals surface area contributed by atoms with E-state index in [2.05, 4.69) is 16.5 Å². The van der Waals surface area contributed by atoms with Crippen molar-refractivity contribution in [1.82, 2.24) is 10.3 Å². The first-order valence-corrected chi connectivity index (χ1v) is 5.81. The van der Waals surface area contributed by atoms with Crippen LogP contribution in [0.2, 0.25) is 0 Å². The van der Waals surface area contributed by atoms with Crippen LogP contribution in [0.4, 0.5) is 0 Å². The summed E-state index contributed by atoms with van der Waals surface area (Å²) >= 11 is 0. The summed E-state index contributed by atoms with van der Waals surface area (Å²) in [6, 6.07) is 12.2. The number of fused-ring (bicyclic) bond motifs is 1. The summed E-state index contributed by atoms with van der Waals surface area (Å²) in [4.78, 5) is 0. The van der Waals surface area contributed by atoms with Crippen LogP contribution in [-0.4, -0.2) is 23.4 Å². The number of allylic oxidation sites excluding steroid dienone is 2. The average Bonchev–Trinajstić information content (AvgIpc) is 2.47. The fourth-order valence-corrected chi connectivity index (χ4v) is 2.03. The van der Waals surface area contributed by atoms with Crippen molar-refractivity contribution in [1.29, 1.82) is 5.26 Å². The molecule has 0 fully saturated rings. The zero-order valence-corrected chi connectivity index (χ0v) is 9.74. The summed E-state index contributed by atoms with van der Waals surface area (Å²) in [7, 11) is 0. The summed E-state index contributed by atoms with van der Waals surface area (Å²) in [5.41, 5.74) is 2.70. The summed E-state index contributed by atoms with van der Waals surface area (Å²) < 4.78 is 0. The SMILES string of the molecule is N#CC1=CN2N=C(c3ccccc3)CNC2C=C1. The first-order chi connectivity index (χ1) is 8.86. The molecule has 1 atom stereocenters. The van der Waals surface area contributed by atoms with E-state index < -0.39 is 0 Å². The molecule has 0 amide bonds. The van der Waals surface area contributed by atoms with Crippen LogP contribution >= 0.6 is 0 Å². The molecule has 1 aromatic rings. The number of nitriles is 1. The van der Waals surface area contributed by atoms with Gasteiger partial charge in [-0.25, -0.2) is 5.01 Å². The standard InChI is InChI=1S/C14H12N4/c15-8-11-6-7-14-16-9-13(17-18(14)10-11)12-4-2-1-3-5-12/h1-7,10,14,16H,9H2. The Balaban J connectivity index is 1.93. The molecular formula is C14H12N4. The zero-order valence-electron chi connectivity index (χ0n) is 9.74. The van der Waals surface area contributed by atoms with Gasteiger partial charge in [-0.05, 0) is 17.7 Å². The topological polar surface area (TPSA) is 51.4 Å². The summed E-state index contributed by atoms with van der Waals surface area (Å²) in [5, 5.41) is 18.6. The fraction of sp³-hybridized carbons (Fsp3) is 0.143. The third kappa shape index (κ3) is 1.92. The fourth-order valence-electron chi connectivity index (χ4n) is 2.03. The van der Waals surface area contributed by atoms with Crippen LogP contribution in [-0.2, 0) is 0 Å². The Labute approximate surface area is 106 Å². The number of benzene rings is 1. The minimum absolute atomic E-state index is 0.0505. The van der Waals surface area contributed by atoms with Gasteiger partial charge in [-0.3, -0.25) is 5.32 Å². The molecule has 0 bridgehead atoms. The van der Waals surface area contributed by atoms with E-state index in [1.165, 1.54) is 0 Å². The van der Waals surface area contributed by atoms with Crippen molar-refractivity contribution in [3.8, 4) is 6.07 Å². The van der Waals surface area contributed by atoms with Gasteiger partial charge < -0.3 is 0 Å². The number of nitrogens with zero attached hydrogens (tertiary/aromatic N) is 3.